The molecule has 4 rings (SSSR count). The van der Waals surface area contributed by atoms with Crippen LogP contribution in [0.1, 0.15) is 30.4 Å². The average Bonchev–Trinajstić information content (AvgIpc) is 3.38. The summed E-state index contributed by atoms with van der Waals surface area (Å²) in [7, 11) is 0. The van der Waals surface area contributed by atoms with E-state index in [0.29, 0.717) is 30.5 Å². The van der Waals surface area contributed by atoms with Crippen molar-refractivity contribution in [2.45, 2.75) is 25.3 Å². The van der Waals surface area contributed by atoms with Crippen LogP contribution in [-0.2, 0) is 11.3 Å². The fourth-order valence-electron chi connectivity index (χ4n) is 2.95. The third-order valence-electron chi connectivity index (χ3n) is 4.53. The van der Waals surface area contributed by atoms with Gasteiger partial charge in [-0.15, -0.1) is 0 Å². The van der Waals surface area contributed by atoms with E-state index in [4.69, 9.17) is 0 Å². The molecule has 136 valence electrons. The van der Waals surface area contributed by atoms with Crippen molar-refractivity contribution in [3.05, 3.63) is 41.7 Å². The molecular formula is C17H19FN6O2. The minimum atomic E-state index is -0.395. The maximum Gasteiger partial charge on any atom is 0.318 e. The van der Waals surface area contributed by atoms with E-state index in [1.54, 1.807) is 12.1 Å². The largest absolute Gasteiger partial charge is 0.331 e. The molecular weight excluding hydrogens is 339 g/mol. The van der Waals surface area contributed by atoms with E-state index >= 15 is 0 Å². The zero-order chi connectivity index (χ0) is 18.1. The molecule has 0 unspecified atom stereocenters. The molecule has 0 atom stereocenters. The molecule has 2 fully saturated rings. The minimum absolute atomic E-state index is 0.0495. The van der Waals surface area contributed by atoms with E-state index in [2.05, 4.69) is 20.5 Å². The minimum Gasteiger partial charge on any atom is -0.331 e. The van der Waals surface area contributed by atoms with Gasteiger partial charge in [0.25, 0.3) is 0 Å². The van der Waals surface area contributed by atoms with Crippen molar-refractivity contribution in [2.24, 2.45) is 0 Å². The molecule has 1 aliphatic carbocycles. The number of rotatable bonds is 4. The third-order valence-corrected chi connectivity index (χ3v) is 4.53. The van der Waals surface area contributed by atoms with Gasteiger partial charge in [0.2, 0.25) is 5.91 Å². The summed E-state index contributed by atoms with van der Waals surface area (Å²) in [6.45, 7) is 0.880. The number of urea groups is 1. The highest BCUT2D eigenvalue weighted by atomic mass is 19.1. The number of halogens is 1. The van der Waals surface area contributed by atoms with Crippen LogP contribution in [-0.4, -0.2) is 51.7 Å². The highest BCUT2D eigenvalue weighted by Gasteiger charge is 2.29. The maximum atomic E-state index is 13.3. The van der Waals surface area contributed by atoms with Crippen LogP contribution in [0.25, 0.3) is 0 Å². The van der Waals surface area contributed by atoms with Crippen molar-refractivity contribution < 1.29 is 14.0 Å². The van der Waals surface area contributed by atoms with Gasteiger partial charge in [0.15, 0.2) is 5.82 Å². The molecule has 1 saturated heterocycles. The van der Waals surface area contributed by atoms with Crippen molar-refractivity contribution in [1.29, 1.82) is 0 Å². The van der Waals surface area contributed by atoms with Crippen LogP contribution < -0.4 is 10.2 Å². The number of hydrogen-bond donors (Lipinski definition) is 2. The smallest absolute Gasteiger partial charge is 0.318 e. The zero-order valence-corrected chi connectivity index (χ0v) is 14.1. The number of aromatic amines is 1. The number of anilines is 1. The Kier molecular flexibility index (Phi) is 4.27. The summed E-state index contributed by atoms with van der Waals surface area (Å²) in [5, 5.41) is 9.71. The molecule has 1 aromatic heterocycles. The van der Waals surface area contributed by atoms with Crippen LogP contribution in [0.4, 0.5) is 14.9 Å². The van der Waals surface area contributed by atoms with Crippen LogP contribution in [0.2, 0.25) is 0 Å². The Morgan fingerprint density at radius 3 is 2.92 bits per heavy atom. The van der Waals surface area contributed by atoms with Gasteiger partial charge in [-0.25, -0.2) is 14.2 Å². The summed E-state index contributed by atoms with van der Waals surface area (Å²) in [5.74, 6) is 1.21. The Morgan fingerprint density at radius 1 is 1.35 bits per heavy atom. The fraction of sp³-hybridized carbons (Fsp3) is 0.412. The molecule has 1 aliphatic heterocycles. The van der Waals surface area contributed by atoms with Crippen LogP contribution in [0.3, 0.4) is 0 Å². The lowest BCUT2D eigenvalue weighted by atomic mass is 10.2. The Balaban J connectivity index is 1.31. The van der Waals surface area contributed by atoms with Gasteiger partial charge in [0, 0.05) is 24.7 Å². The molecule has 2 heterocycles. The molecule has 9 heteroatoms. The predicted molar refractivity (Wildman–Crippen MR) is 90.9 cm³/mol. The summed E-state index contributed by atoms with van der Waals surface area (Å²) in [4.78, 5) is 31.9. The van der Waals surface area contributed by atoms with Crippen molar-refractivity contribution in [1.82, 2.24) is 25.4 Å². The zero-order valence-electron chi connectivity index (χ0n) is 14.1. The average molecular weight is 358 g/mol. The number of benzene rings is 1. The summed E-state index contributed by atoms with van der Waals surface area (Å²) in [6, 6.07) is 5.55. The number of hydrogen-bond acceptors (Lipinski definition) is 4. The van der Waals surface area contributed by atoms with Gasteiger partial charge < -0.3 is 15.1 Å². The number of H-pyrrole nitrogens is 1. The van der Waals surface area contributed by atoms with Gasteiger partial charge in [0.1, 0.15) is 18.2 Å². The SMILES string of the molecule is O=C(NCc1nc(C2CC2)n[nH]1)N1CCN(c2cccc(F)c2)C(=O)C1. The normalized spacial score (nSPS) is 17.5. The lowest BCUT2D eigenvalue weighted by Crippen LogP contribution is -2.54. The number of carbonyl (C=O) groups excluding carboxylic acids is 2. The molecule has 0 spiro atoms. The molecule has 1 saturated carbocycles. The quantitative estimate of drug-likeness (QED) is 0.863. The van der Waals surface area contributed by atoms with Gasteiger partial charge in [-0.2, -0.15) is 5.10 Å². The van der Waals surface area contributed by atoms with Gasteiger partial charge in [-0.05, 0) is 31.0 Å². The Hall–Kier alpha value is -2.97. The van der Waals surface area contributed by atoms with Crippen molar-refractivity contribution in [3.8, 4) is 0 Å². The number of aromatic nitrogens is 3. The maximum absolute atomic E-state index is 13.3. The standard InChI is InChI=1S/C17H19FN6O2/c18-12-2-1-3-13(8-12)24-7-6-23(10-15(24)25)17(26)19-9-14-20-16(22-21-14)11-4-5-11/h1-3,8,11H,4-7,9-10H2,(H,19,26)(H,20,21,22). The summed E-state index contributed by atoms with van der Waals surface area (Å²) < 4.78 is 13.3. The van der Waals surface area contributed by atoms with E-state index < -0.39 is 5.82 Å². The number of piperazine rings is 1. The molecule has 2 aliphatic rings. The molecule has 8 nitrogen and oxygen atoms in total. The number of amides is 3. The molecule has 3 amide bonds. The molecule has 0 bridgehead atoms. The molecule has 26 heavy (non-hydrogen) atoms. The van der Waals surface area contributed by atoms with Crippen molar-refractivity contribution >= 4 is 17.6 Å². The molecule has 0 radical (unpaired) electrons. The van der Waals surface area contributed by atoms with Crippen LogP contribution in [0.15, 0.2) is 24.3 Å². The van der Waals surface area contributed by atoms with E-state index in [0.717, 1.165) is 18.7 Å². The van der Waals surface area contributed by atoms with E-state index in [-0.39, 0.29) is 25.0 Å². The Morgan fingerprint density at radius 2 is 2.19 bits per heavy atom. The van der Waals surface area contributed by atoms with Gasteiger partial charge in [-0.1, -0.05) is 6.07 Å². The first kappa shape index (κ1) is 16.5. The van der Waals surface area contributed by atoms with Gasteiger partial charge in [-0.3, -0.25) is 9.89 Å². The van der Waals surface area contributed by atoms with Crippen molar-refractivity contribution in [3.63, 3.8) is 0 Å². The lowest BCUT2D eigenvalue weighted by Gasteiger charge is -2.34. The second-order valence-corrected chi connectivity index (χ2v) is 6.52. The number of nitrogens with one attached hydrogen (secondary N) is 2. The van der Waals surface area contributed by atoms with Crippen LogP contribution in [0.5, 0.6) is 0 Å². The highest BCUT2D eigenvalue weighted by Crippen LogP contribution is 2.37. The summed E-state index contributed by atoms with van der Waals surface area (Å²) in [5.41, 5.74) is 0.504. The molecule has 2 aromatic rings. The van der Waals surface area contributed by atoms with E-state index in [1.807, 2.05) is 0 Å². The first-order valence-electron chi connectivity index (χ1n) is 8.60. The van der Waals surface area contributed by atoms with Crippen LogP contribution >= 0.6 is 0 Å². The second-order valence-electron chi connectivity index (χ2n) is 6.52. The molecule has 2 N–H and O–H groups in total. The first-order valence-corrected chi connectivity index (χ1v) is 8.60. The Labute approximate surface area is 149 Å². The third kappa shape index (κ3) is 3.51. The predicted octanol–water partition coefficient (Wildman–Crippen LogP) is 1.38. The lowest BCUT2D eigenvalue weighted by molar-refractivity contribution is -0.120. The monoisotopic (exact) mass is 358 g/mol. The summed E-state index contributed by atoms with van der Waals surface area (Å²) in [6.07, 6.45) is 2.22. The number of carbonyl (C=O) groups is 2. The Bertz CT molecular complexity index is 834. The van der Waals surface area contributed by atoms with Crippen LogP contribution in [0, 0.1) is 5.82 Å². The van der Waals surface area contributed by atoms with Crippen molar-refractivity contribution in [2.75, 3.05) is 24.5 Å². The summed E-state index contributed by atoms with van der Waals surface area (Å²) >= 11 is 0. The van der Waals surface area contributed by atoms with Gasteiger partial charge >= 0.3 is 6.03 Å². The van der Waals surface area contributed by atoms with E-state index in [9.17, 15) is 14.0 Å². The fourth-order valence-corrected chi connectivity index (χ4v) is 2.95. The second kappa shape index (κ2) is 6.74. The highest BCUT2D eigenvalue weighted by molar-refractivity contribution is 5.97. The first-order chi connectivity index (χ1) is 12.6. The van der Waals surface area contributed by atoms with E-state index in [1.165, 1.54) is 21.9 Å². The number of nitrogens with zero attached hydrogens (tertiary/aromatic N) is 4. The molecule has 1 aromatic carbocycles. The van der Waals surface area contributed by atoms with Gasteiger partial charge in [0.05, 0.1) is 6.54 Å². The topological polar surface area (TPSA) is 94.2 Å².